The molecule has 0 saturated heterocycles. The van der Waals surface area contributed by atoms with Gasteiger partial charge in [-0.2, -0.15) is 0 Å². The summed E-state index contributed by atoms with van der Waals surface area (Å²) in [5.41, 5.74) is 1.17. The molecule has 0 aliphatic rings. The van der Waals surface area contributed by atoms with E-state index in [2.05, 4.69) is 94.4 Å². The van der Waals surface area contributed by atoms with Crippen LogP contribution in [0.25, 0.3) is 0 Å². The topological polar surface area (TPSA) is 29.5 Å². The van der Waals surface area contributed by atoms with E-state index >= 15 is 0 Å². The van der Waals surface area contributed by atoms with Crippen molar-refractivity contribution >= 4 is 18.7 Å². The van der Waals surface area contributed by atoms with Gasteiger partial charge in [0, 0.05) is 6.61 Å². The smallest absolute Gasteiger partial charge is 0.261 e. The average molecular weight is 355 g/mol. The normalized spacial score (nSPS) is 13.1. The molecule has 2 nitrogen and oxygen atoms in total. The number of hydrogen-bond acceptors (Lipinski definition) is 2. The lowest BCUT2D eigenvalue weighted by Crippen LogP contribution is -2.66. The minimum atomic E-state index is -2.45. The third-order valence-electron chi connectivity index (χ3n) is 4.56. The maximum atomic E-state index is 9.05. The number of rotatable bonds is 7. The van der Waals surface area contributed by atoms with Gasteiger partial charge in [-0.15, -0.1) is 0 Å². The van der Waals surface area contributed by atoms with Crippen molar-refractivity contribution in [1.82, 2.24) is 0 Å². The van der Waals surface area contributed by atoms with E-state index in [1.807, 2.05) is 0 Å². The summed E-state index contributed by atoms with van der Waals surface area (Å²) < 4.78 is 6.81. The van der Waals surface area contributed by atoms with Crippen LogP contribution < -0.4 is 10.4 Å². The van der Waals surface area contributed by atoms with Crippen LogP contribution in [-0.4, -0.2) is 26.6 Å². The highest BCUT2D eigenvalue weighted by molar-refractivity contribution is 6.99. The molecule has 0 amide bonds. The molecule has 0 aliphatic carbocycles. The molecule has 0 atom stereocenters. The van der Waals surface area contributed by atoms with Crippen molar-refractivity contribution in [3.63, 3.8) is 0 Å². The first-order valence-corrected chi connectivity index (χ1v) is 10.8. The predicted octanol–water partition coefficient (Wildman–Crippen LogP) is 3.89. The van der Waals surface area contributed by atoms with E-state index in [4.69, 9.17) is 9.53 Å². The number of aliphatic hydroxyl groups is 1. The highest BCUT2D eigenvalue weighted by Crippen LogP contribution is 2.36. The van der Waals surface area contributed by atoms with Crippen LogP contribution in [0.3, 0.4) is 0 Å². The summed E-state index contributed by atoms with van der Waals surface area (Å²) in [6.07, 6.45) is 2.74. The van der Waals surface area contributed by atoms with Gasteiger partial charge in [0.15, 0.2) is 0 Å². The molecule has 0 radical (unpaired) electrons. The van der Waals surface area contributed by atoms with Gasteiger partial charge < -0.3 is 9.53 Å². The number of aliphatic hydroxyl groups excluding tert-OH is 1. The molecule has 0 aromatic heterocycles. The Morgan fingerprint density at radius 3 is 1.84 bits per heavy atom. The second kappa shape index (κ2) is 8.61. The number of hydrogen-bond donors (Lipinski definition) is 1. The molecule has 0 aliphatic heterocycles. The van der Waals surface area contributed by atoms with Crippen LogP contribution in [0.5, 0.6) is 0 Å². The summed E-state index contributed by atoms with van der Waals surface area (Å²) in [5, 5.41) is 11.6. The summed E-state index contributed by atoms with van der Waals surface area (Å²) in [5.74, 6) is 0. The van der Waals surface area contributed by atoms with Gasteiger partial charge in [-0.3, -0.25) is 0 Å². The quantitative estimate of drug-likeness (QED) is 0.604. The molecular weight excluding hydrogens is 324 g/mol. The average Bonchev–Trinajstić information content (AvgIpc) is 2.61. The van der Waals surface area contributed by atoms with Crippen molar-refractivity contribution in [2.45, 2.75) is 39.2 Å². The lowest BCUT2D eigenvalue weighted by Gasteiger charge is -2.43. The molecule has 2 rings (SSSR count). The first-order valence-electron chi connectivity index (χ1n) is 8.93. The molecular formula is C22H30O2Si. The van der Waals surface area contributed by atoms with Gasteiger partial charge in [-0.25, -0.2) is 0 Å². The predicted molar refractivity (Wildman–Crippen MR) is 109 cm³/mol. The Kier molecular flexibility index (Phi) is 6.76. The van der Waals surface area contributed by atoms with Crippen LogP contribution in [0, 0.1) is 0 Å². The van der Waals surface area contributed by atoms with Gasteiger partial charge >= 0.3 is 0 Å². The van der Waals surface area contributed by atoms with Crippen molar-refractivity contribution in [3.05, 3.63) is 72.3 Å². The first-order chi connectivity index (χ1) is 11.9. The van der Waals surface area contributed by atoms with Crippen LogP contribution in [0.2, 0.25) is 5.04 Å². The van der Waals surface area contributed by atoms with Crippen LogP contribution >= 0.6 is 0 Å². The largest absolute Gasteiger partial charge is 0.403 e. The van der Waals surface area contributed by atoms with Gasteiger partial charge in [0.05, 0.1) is 6.61 Å². The molecule has 25 heavy (non-hydrogen) atoms. The van der Waals surface area contributed by atoms with E-state index in [9.17, 15) is 0 Å². The highest BCUT2D eigenvalue weighted by Gasteiger charge is 2.50. The summed E-state index contributed by atoms with van der Waals surface area (Å²) >= 11 is 0. The molecule has 1 N–H and O–H groups in total. The molecule has 2 aromatic carbocycles. The minimum Gasteiger partial charge on any atom is -0.403 e. The van der Waals surface area contributed by atoms with Crippen molar-refractivity contribution in [1.29, 1.82) is 0 Å². The van der Waals surface area contributed by atoms with Gasteiger partial charge in [0.25, 0.3) is 8.32 Å². The van der Waals surface area contributed by atoms with Crippen molar-refractivity contribution in [2.24, 2.45) is 0 Å². The molecule has 0 spiro atoms. The standard InChI is InChI=1S/C22H30O2Si/c1-19(12-11-17-23)18-24-25(22(2,3)4,20-13-7-5-8-14-20)21-15-9-6-10-16-21/h5-10,12-16,23H,11,17-18H2,1-4H3/b19-12-. The van der Waals surface area contributed by atoms with E-state index in [-0.39, 0.29) is 11.6 Å². The lowest BCUT2D eigenvalue weighted by molar-refractivity contribution is 0.300. The van der Waals surface area contributed by atoms with E-state index < -0.39 is 8.32 Å². The van der Waals surface area contributed by atoms with E-state index in [1.165, 1.54) is 15.9 Å². The van der Waals surface area contributed by atoms with Crippen LogP contribution in [0.15, 0.2) is 72.3 Å². The van der Waals surface area contributed by atoms with Crippen molar-refractivity contribution < 1.29 is 9.53 Å². The second-order valence-corrected chi connectivity index (χ2v) is 11.8. The Morgan fingerprint density at radius 2 is 1.44 bits per heavy atom. The van der Waals surface area contributed by atoms with E-state index in [0.717, 1.165) is 0 Å². The van der Waals surface area contributed by atoms with E-state index in [1.54, 1.807) is 0 Å². The zero-order valence-electron chi connectivity index (χ0n) is 15.8. The van der Waals surface area contributed by atoms with Gasteiger partial charge in [-0.1, -0.05) is 93.1 Å². The number of benzene rings is 2. The monoisotopic (exact) mass is 354 g/mol. The molecule has 0 heterocycles. The fourth-order valence-electron chi connectivity index (χ4n) is 3.35. The third-order valence-corrected chi connectivity index (χ3v) is 9.54. The zero-order valence-corrected chi connectivity index (χ0v) is 16.8. The van der Waals surface area contributed by atoms with Crippen LogP contribution in [0.1, 0.15) is 34.1 Å². The molecule has 0 bridgehead atoms. The first kappa shape index (κ1) is 19.6. The molecule has 0 unspecified atom stereocenters. The molecule has 2 aromatic rings. The summed E-state index contributed by atoms with van der Waals surface area (Å²) in [6.45, 7) is 9.70. The molecule has 134 valence electrons. The summed E-state index contributed by atoms with van der Waals surface area (Å²) in [7, 11) is -2.45. The molecule has 0 saturated carbocycles. The maximum Gasteiger partial charge on any atom is 0.261 e. The van der Waals surface area contributed by atoms with E-state index in [0.29, 0.717) is 13.0 Å². The third kappa shape index (κ3) is 4.49. The Morgan fingerprint density at radius 1 is 0.960 bits per heavy atom. The second-order valence-electron chi connectivity index (χ2n) is 7.51. The molecule has 3 heteroatoms. The van der Waals surface area contributed by atoms with Gasteiger partial charge in [0.2, 0.25) is 0 Å². The SMILES string of the molecule is C/C(=C/CCO)CO[Si](c1ccccc1)(c1ccccc1)C(C)(C)C. The summed E-state index contributed by atoms with van der Waals surface area (Å²) in [4.78, 5) is 0. The van der Waals surface area contributed by atoms with Crippen molar-refractivity contribution in [3.8, 4) is 0 Å². The Labute approximate surface area is 153 Å². The fraction of sp³-hybridized carbons (Fsp3) is 0.364. The Bertz CT molecular complexity index is 633. The zero-order chi connectivity index (χ0) is 18.3. The van der Waals surface area contributed by atoms with Gasteiger partial charge in [-0.05, 0) is 28.8 Å². The molecule has 0 fully saturated rings. The fourth-order valence-corrected chi connectivity index (χ4v) is 7.95. The maximum absolute atomic E-state index is 9.05. The lowest BCUT2D eigenvalue weighted by atomic mass is 10.2. The highest BCUT2D eigenvalue weighted by atomic mass is 28.4. The minimum absolute atomic E-state index is 0.00698. The Balaban J connectivity index is 2.53. The van der Waals surface area contributed by atoms with Crippen LogP contribution in [0.4, 0.5) is 0 Å². The Hall–Kier alpha value is -1.68. The van der Waals surface area contributed by atoms with Crippen molar-refractivity contribution in [2.75, 3.05) is 13.2 Å². The van der Waals surface area contributed by atoms with Crippen LogP contribution in [-0.2, 0) is 4.43 Å². The van der Waals surface area contributed by atoms with Gasteiger partial charge in [0.1, 0.15) is 0 Å². The summed E-state index contributed by atoms with van der Waals surface area (Å²) in [6, 6.07) is 21.3.